The smallest absolute Gasteiger partial charge is 0.295 e. The van der Waals surface area contributed by atoms with Crippen molar-refractivity contribution >= 4 is 33.6 Å². The van der Waals surface area contributed by atoms with E-state index in [4.69, 9.17) is 5.73 Å². The van der Waals surface area contributed by atoms with Gasteiger partial charge in [-0.1, -0.05) is 30.4 Å². The highest BCUT2D eigenvalue weighted by atomic mass is 32.2. The van der Waals surface area contributed by atoms with Crippen LogP contribution in [0.4, 0.5) is 11.4 Å². The molecule has 3 N–H and O–H groups in total. The highest BCUT2D eigenvalue weighted by molar-refractivity contribution is 7.86. The Balaban J connectivity index is 0.000000386. The Morgan fingerprint density at radius 1 is 1.00 bits per heavy atom. The number of aryl methyl sites for hydroxylation is 2. The van der Waals surface area contributed by atoms with Gasteiger partial charge in [-0.2, -0.15) is 8.42 Å². The normalized spacial score (nSPS) is 11.1. The van der Waals surface area contributed by atoms with Gasteiger partial charge < -0.3 is 10.6 Å². The Morgan fingerprint density at radius 2 is 1.67 bits per heavy atom. The van der Waals surface area contributed by atoms with Gasteiger partial charge in [0, 0.05) is 37.4 Å². The standard InChI is InChI=1S/C17H20N2O3S.C6H7N/c1-12-10-17(23(20,21)22)14(11-16(12)18)7-4-13-5-8-15(9-6-13)19(2)3;1-6-4-2-3-5-7-6/h4-11H,18H2,1-3H3,(H,20,21,22);2-5H,1H3. The van der Waals surface area contributed by atoms with E-state index in [-0.39, 0.29) is 4.90 Å². The van der Waals surface area contributed by atoms with Crippen molar-refractivity contribution < 1.29 is 13.0 Å². The third-order valence-electron chi connectivity index (χ3n) is 4.35. The van der Waals surface area contributed by atoms with Gasteiger partial charge in [0.05, 0.1) is 0 Å². The summed E-state index contributed by atoms with van der Waals surface area (Å²) in [7, 11) is -0.395. The third-order valence-corrected chi connectivity index (χ3v) is 5.26. The number of nitrogen functional groups attached to an aromatic ring is 1. The monoisotopic (exact) mass is 425 g/mol. The number of nitrogens with zero attached hydrogens (tertiary/aromatic N) is 2. The highest BCUT2D eigenvalue weighted by Crippen LogP contribution is 2.24. The zero-order chi connectivity index (χ0) is 22.3. The number of pyridine rings is 1. The Bertz CT molecular complexity index is 1110. The van der Waals surface area contributed by atoms with Crippen molar-refractivity contribution in [3.05, 3.63) is 83.2 Å². The molecule has 0 atom stereocenters. The Labute approximate surface area is 178 Å². The summed E-state index contributed by atoms with van der Waals surface area (Å²) in [5, 5.41) is 0. The SMILES string of the molecule is Cc1cc(S(=O)(=O)O)c(C=Cc2ccc(N(C)C)cc2)cc1N.Cc1ccccn1. The number of hydrogen-bond donors (Lipinski definition) is 2. The summed E-state index contributed by atoms with van der Waals surface area (Å²) in [6.45, 7) is 3.66. The predicted molar refractivity (Wildman–Crippen MR) is 124 cm³/mol. The van der Waals surface area contributed by atoms with Crippen molar-refractivity contribution in [2.45, 2.75) is 18.7 Å². The quantitative estimate of drug-likeness (QED) is 0.364. The van der Waals surface area contributed by atoms with Crippen LogP contribution in [0.5, 0.6) is 0 Å². The molecule has 0 aliphatic carbocycles. The van der Waals surface area contributed by atoms with Crippen LogP contribution < -0.4 is 10.6 Å². The maximum atomic E-state index is 11.5. The molecule has 2 aromatic carbocycles. The maximum absolute atomic E-state index is 11.5. The first-order valence-electron chi connectivity index (χ1n) is 9.28. The van der Waals surface area contributed by atoms with Crippen LogP contribution in [0, 0.1) is 13.8 Å². The van der Waals surface area contributed by atoms with Gasteiger partial charge in [0.25, 0.3) is 10.1 Å². The first-order chi connectivity index (χ1) is 14.1. The molecule has 1 heterocycles. The predicted octanol–water partition coefficient (Wildman–Crippen LogP) is 4.45. The number of rotatable bonds is 4. The second-order valence-corrected chi connectivity index (χ2v) is 8.40. The van der Waals surface area contributed by atoms with Gasteiger partial charge in [-0.3, -0.25) is 9.54 Å². The second-order valence-electron chi connectivity index (χ2n) is 7.01. The van der Waals surface area contributed by atoms with Crippen LogP contribution in [0.15, 0.2) is 65.7 Å². The van der Waals surface area contributed by atoms with Gasteiger partial charge in [-0.05, 0) is 66.9 Å². The largest absolute Gasteiger partial charge is 0.398 e. The van der Waals surface area contributed by atoms with Gasteiger partial charge in [0.1, 0.15) is 4.90 Å². The lowest BCUT2D eigenvalue weighted by atomic mass is 10.1. The molecule has 6 nitrogen and oxygen atoms in total. The molecule has 3 aromatic rings. The van der Waals surface area contributed by atoms with E-state index in [1.807, 2.05) is 68.4 Å². The summed E-state index contributed by atoms with van der Waals surface area (Å²) in [6, 6.07) is 16.6. The Kier molecular flexibility index (Phi) is 7.74. The number of aromatic nitrogens is 1. The Morgan fingerprint density at radius 3 is 2.13 bits per heavy atom. The van der Waals surface area contributed by atoms with Gasteiger partial charge in [-0.25, -0.2) is 0 Å². The topological polar surface area (TPSA) is 96.5 Å². The summed E-state index contributed by atoms with van der Waals surface area (Å²) < 4.78 is 32.4. The molecular formula is C23H27N3O3S. The molecule has 0 spiro atoms. The minimum Gasteiger partial charge on any atom is -0.398 e. The van der Waals surface area contributed by atoms with Gasteiger partial charge >= 0.3 is 0 Å². The van der Waals surface area contributed by atoms with E-state index in [2.05, 4.69) is 4.98 Å². The van der Waals surface area contributed by atoms with Crippen LogP contribution in [0.2, 0.25) is 0 Å². The number of nitrogens with two attached hydrogens (primary N) is 1. The lowest BCUT2D eigenvalue weighted by Gasteiger charge is -2.12. The zero-order valence-corrected chi connectivity index (χ0v) is 18.4. The number of hydrogen-bond acceptors (Lipinski definition) is 5. The van der Waals surface area contributed by atoms with Crippen molar-refractivity contribution in [1.29, 1.82) is 0 Å². The molecule has 3 rings (SSSR count). The van der Waals surface area contributed by atoms with E-state index in [0.717, 1.165) is 16.9 Å². The zero-order valence-electron chi connectivity index (χ0n) is 17.6. The molecule has 0 saturated carbocycles. The van der Waals surface area contributed by atoms with Crippen molar-refractivity contribution in [2.24, 2.45) is 0 Å². The average Bonchev–Trinajstić information content (AvgIpc) is 2.69. The van der Waals surface area contributed by atoms with Crippen LogP contribution in [-0.4, -0.2) is 32.0 Å². The molecule has 0 aliphatic rings. The van der Waals surface area contributed by atoms with Gasteiger partial charge in [-0.15, -0.1) is 0 Å². The first kappa shape index (κ1) is 23.1. The molecule has 158 valence electrons. The third kappa shape index (κ3) is 6.72. The van der Waals surface area contributed by atoms with Crippen molar-refractivity contribution in [3.8, 4) is 0 Å². The van der Waals surface area contributed by atoms with Crippen molar-refractivity contribution in [3.63, 3.8) is 0 Å². The van der Waals surface area contributed by atoms with Crippen molar-refractivity contribution in [2.75, 3.05) is 24.7 Å². The van der Waals surface area contributed by atoms with Crippen LogP contribution in [0.1, 0.15) is 22.4 Å². The summed E-state index contributed by atoms with van der Waals surface area (Å²) >= 11 is 0. The van der Waals surface area contributed by atoms with Gasteiger partial charge in [0.2, 0.25) is 0 Å². The molecule has 0 amide bonds. The average molecular weight is 426 g/mol. The van der Waals surface area contributed by atoms with Crippen LogP contribution in [0.25, 0.3) is 12.2 Å². The summed E-state index contributed by atoms with van der Waals surface area (Å²) in [6.07, 6.45) is 5.19. The molecule has 0 aliphatic heterocycles. The maximum Gasteiger partial charge on any atom is 0.295 e. The molecule has 30 heavy (non-hydrogen) atoms. The highest BCUT2D eigenvalue weighted by Gasteiger charge is 2.15. The molecule has 0 fully saturated rings. The second kappa shape index (κ2) is 10.0. The molecule has 0 unspecified atom stereocenters. The molecule has 7 heteroatoms. The lowest BCUT2D eigenvalue weighted by molar-refractivity contribution is 0.483. The fourth-order valence-corrected chi connectivity index (χ4v) is 3.34. The van der Waals surface area contributed by atoms with E-state index < -0.39 is 10.1 Å². The number of anilines is 2. The van der Waals surface area contributed by atoms with Crippen LogP contribution in [-0.2, 0) is 10.1 Å². The first-order valence-corrected chi connectivity index (χ1v) is 10.7. The van der Waals surface area contributed by atoms with E-state index in [0.29, 0.717) is 16.8 Å². The summed E-state index contributed by atoms with van der Waals surface area (Å²) in [5.74, 6) is 0. The minimum absolute atomic E-state index is 0.148. The van der Waals surface area contributed by atoms with E-state index in [1.165, 1.54) is 6.07 Å². The summed E-state index contributed by atoms with van der Waals surface area (Å²) in [4.78, 5) is 5.82. The van der Waals surface area contributed by atoms with E-state index in [1.54, 1.807) is 31.3 Å². The minimum atomic E-state index is -4.31. The molecule has 0 bridgehead atoms. The molecular weight excluding hydrogens is 398 g/mol. The Hall–Kier alpha value is -3.16. The summed E-state index contributed by atoms with van der Waals surface area (Å²) in [5.41, 5.74) is 10.3. The molecule has 0 saturated heterocycles. The van der Waals surface area contributed by atoms with Crippen LogP contribution >= 0.6 is 0 Å². The number of benzene rings is 2. The van der Waals surface area contributed by atoms with E-state index >= 15 is 0 Å². The van der Waals surface area contributed by atoms with Crippen LogP contribution in [0.3, 0.4) is 0 Å². The lowest BCUT2D eigenvalue weighted by Crippen LogP contribution is -2.07. The van der Waals surface area contributed by atoms with Crippen molar-refractivity contribution in [1.82, 2.24) is 4.98 Å². The molecule has 1 aromatic heterocycles. The van der Waals surface area contributed by atoms with Gasteiger partial charge in [0.15, 0.2) is 0 Å². The fourth-order valence-electron chi connectivity index (χ4n) is 2.59. The fraction of sp³-hybridized carbons (Fsp3) is 0.174. The van der Waals surface area contributed by atoms with E-state index in [9.17, 15) is 13.0 Å². The molecule has 0 radical (unpaired) electrons.